The van der Waals surface area contributed by atoms with Crippen molar-refractivity contribution in [2.24, 2.45) is 5.92 Å². The van der Waals surface area contributed by atoms with Crippen LogP contribution in [0.15, 0.2) is 4.52 Å². The Balaban J connectivity index is 0.00000192. The van der Waals surface area contributed by atoms with Gasteiger partial charge < -0.3 is 15.2 Å². The van der Waals surface area contributed by atoms with E-state index >= 15 is 0 Å². The quantitative estimate of drug-likeness (QED) is 0.860. The predicted molar refractivity (Wildman–Crippen MR) is 88.3 cm³/mol. The summed E-state index contributed by atoms with van der Waals surface area (Å²) in [5, 5.41) is 10.5. The highest BCUT2D eigenvalue weighted by atomic mass is 35.5. The van der Waals surface area contributed by atoms with Crippen LogP contribution in [0.2, 0.25) is 0 Å². The first-order valence-electron chi connectivity index (χ1n) is 8.16. The van der Waals surface area contributed by atoms with E-state index in [4.69, 9.17) is 4.52 Å². The number of hydrogen-bond donors (Lipinski definition) is 2. The number of amides is 1. The first-order chi connectivity index (χ1) is 10.6. The number of hydrogen-bond acceptors (Lipinski definition) is 6. The van der Waals surface area contributed by atoms with Gasteiger partial charge in [-0.2, -0.15) is 4.98 Å². The third-order valence-electron chi connectivity index (χ3n) is 4.76. The molecule has 1 aromatic rings. The van der Waals surface area contributed by atoms with E-state index in [1.165, 1.54) is 19.8 Å². The lowest BCUT2D eigenvalue weighted by Crippen LogP contribution is -2.44. The van der Waals surface area contributed by atoms with E-state index in [0.29, 0.717) is 17.6 Å². The van der Waals surface area contributed by atoms with Crippen molar-refractivity contribution < 1.29 is 9.32 Å². The molecule has 1 saturated carbocycles. The fourth-order valence-corrected chi connectivity index (χ4v) is 3.49. The van der Waals surface area contributed by atoms with Gasteiger partial charge in [0.2, 0.25) is 11.8 Å². The molecule has 2 heterocycles. The number of nitrogens with one attached hydrogen (secondary N) is 2. The van der Waals surface area contributed by atoms with Crippen molar-refractivity contribution in [1.82, 2.24) is 25.7 Å². The van der Waals surface area contributed by atoms with Gasteiger partial charge in [-0.05, 0) is 25.8 Å². The first-order valence-corrected chi connectivity index (χ1v) is 8.16. The summed E-state index contributed by atoms with van der Waals surface area (Å²) < 4.78 is 5.51. The Morgan fingerprint density at radius 1 is 1.43 bits per heavy atom. The summed E-state index contributed by atoms with van der Waals surface area (Å²) in [6, 6.07) is -0.0177. The number of carbonyl (C=O) groups is 1. The van der Waals surface area contributed by atoms with Gasteiger partial charge in [0, 0.05) is 26.6 Å². The maximum atomic E-state index is 11.5. The Hall–Kier alpha value is -1.18. The van der Waals surface area contributed by atoms with E-state index in [-0.39, 0.29) is 30.4 Å². The van der Waals surface area contributed by atoms with Crippen molar-refractivity contribution in [3.8, 4) is 0 Å². The molecule has 0 radical (unpaired) electrons. The van der Waals surface area contributed by atoms with Crippen molar-refractivity contribution in [3.63, 3.8) is 0 Å². The molecular weight excluding hydrogens is 318 g/mol. The third kappa shape index (κ3) is 4.22. The lowest BCUT2D eigenvalue weighted by atomic mass is 9.98. The molecule has 2 aliphatic rings. The van der Waals surface area contributed by atoms with Gasteiger partial charge in [-0.3, -0.25) is 9.69 Å². The van der Waals surface area contributed by atoms with Crippen LogP contribution in [0.25, 0.3) is 0 Å². The average molecular weight is 344 g/mol. The maximum absolute atomic E-state index is 11.5. The molecule has 1 aromatic heterocycles. The van der Waals surface area contributed by atoms with E-state index in [0.717, 1.165) is 32.5 Å². The summed E-state index contributed by atoms with van der Waals surface area (Å²) in [5.41, 5.74) is 0. The van der Waals surface area contributed by atoms with Gasteiger partial charge in [-0.1, -0.05) is 18.0 Å². The maximum Gasteiger partial charge on any atom is 0.249 e. The molecule has 2 fully saturated rings. The Labute approximate surface area is 143 Å². The zero-order valence-corrected chi connectivity index (χ0v) is 14.6. The monoisotopic (exact) mass is 343 g/mol. The van der Waals surface area contributed by atoms with Gasteiger partial charge in [0.1, 0.15) is 6.04 Å². The Morgan fingerprint density at radius 2 is 2.17 bits per heavy atom. The molecule has 1 amide bonds. The standard InChI is InChI=1S/C15H25N5O2.ClH/c1-10(21)17-13(11-5-3-4-6-11)15-18-14(19-22-15)12-9-16-7-8-20(12)2;/h11-13,16H,3-9H2,1-2H3,(H,17,21);1H. The number of halogens is 1. The molecule has 2 unspecified atom stereocenters. The third-order valence-corrected chi connectivity index (χ3v) is 4.76. The number of rotatable bonds is 4. The fourth-order valence-electron chi connectivity index (χ4n) is 3.49. The minimum atomic E-state index is -0.150. The Kier molecular flexibility index (Phi) is 6.38. The summed E-state index contributed by atoms with van der Waals surface area (Å²) in [6.45, 7) is 4.31. The van der Waals surface area contributed by atoms with Crippen LogP contribution in [-0.2, 0) is 4.79 Å². The predicted octanol–water partition coefficient (Wildman–Crippen LogP) is 1.43. The molecule has 0 bridgehead atoms. The zero-order valence-electron chi connectivity index (χ0n) is 13.7. The molecule has 1 saturated heterocycles. The molecule has 2 N–H and O–H groups in total. The number of carbonyl (C=O) groups excluding carboxylic acids is 1. The summed E-state index contributed by atoms with van der Waals surface area (Å²) in [6.07, 6.45) is 4.62. The van der Waals surface area contributed by atoms with Crippen LogP contribution in [-0.4, -0.2) is 47.6 Å². The van der Waals surface area contributed by atoms with Crippen LogP contribution in [0, 0.1) is 5.92 Å². The number of nitrogens with zero attached hydrogens (tertiary/aromatic N) is 3. The molecule has 23 heavy (non-hydrogen) atoms. The average Bonchev–Trinajstić information content (AvgIpc) is 3.17. The van der Waals surface area contributed by atoms with Crippen LogP contribution in [0.3, 0.4) is 0 Å². The molecule has 130 valence electrons. The van der Waals surface area contributed by atoms with Gasteiger partial charge in [-0.15, -0.1) is 12.4 Å². The highest BCUT2D eigenvalue weighted by Crippen LogP contribution is 2.35. The Bertz CT molecular complexity index is 518. The fraction of sp³-hybridized carbons (Fsp3) is 0.800. The van der Waals surface area contributed by atoms with Crippen molar-refractivity contribution in [3.05, 3.63) is 11.7 Å². The first kappa shape index (κ1) is 18.2. The second-order valence-electron chi connectivity index (χ2n) is 6.41. The van der Waals surface area contributed by atoms with E-state index in [1.54, 1.807) is 0 Å². The Morgan fingerprint density at radius 3 is 2.83 bits per heavy atom. The largest absolute Gasteiger partial charge is 0.344 e. The van der Waals surface area contributed by atoms with E-state index in [1.807, 2.05) is 0 Å². The van der Waals surface area contributed by atoms with Gasteiger partial charge in [0.25, 0.3) is 0 Å². The lowest BCUT2D eigenvalue weighted by molar-refractivity contribution is -0.120. The molecule has 7 nitrogen and oxygen atoms in total. The van der Waals surface area contributed by atoms with E-state index < -0.39 is 0 Å². The SMILES string of the molecule is CC(=O)NC(c1nc(C2CNCCN2C)no1)C1CCCC1.Cl. The minimum absolute atomic E-state index is 0. The summed E-state index contributed by atoms with van der Waals surface area (Å²) >= 11 is 0. The van der Waals surface area contributed by atoms with Crippen molar-refractivity contribution in [2.75, 3.05) is 26.7 Å². The second kappa shape index (κ2) is 8.08. The van der Waals surface area contributed by atoms with Crippen LogP contribution in [0.1, 0.15) is 56.4 Å². The molecule has 0 spiro atoms. The van der Waals surface area contributed by atoms with Crippen LogP contribution < -0.4 is 10.6 Å². The summed E-state index contributed by atoms with van der Waals surface area (Å²) in [5.74, 6) is 1.61. The van der Waals surface area contributed by atoms with Crippen molar-refractivity contribution in [2.45, 2.75) is 44.7 Å². The number of piperazine rings is 1. The van der Waals surface area contributed by atoms with Crippen LogP contribution in [0.4, 0.5) is 0 Å². The summed E-state index contributed by atoms with van der Waals surface area (Å²) in [7, 11) is 2.07. The molecular formula is C15H26ClN5O2. The van der Waals surface area contributed by atoms with Crippen molar-refractivity contribution >= 4 is 18.3 Å². The molecule has 1 aliphatic carbocycles. The lowest BCUT2D eigenvalue weighted by Gasteiger charge is -2.30. The van der Waals surface area contributed by atoms with Gasteiger partial charge in [0.05, 0.1) is 6.04 Å². The minimum Gasteiger partial charge on any atom is -0.344 e. The van der Waals surface area contributed by atoms with Gasteiger partial charge in [-0.25, -0.2) is 0 Å². The van der Waals surface area contributed by atoms with E-state index in [2.05, 4.69) is 32.7 Å². The molecule has 1 aliphatic heterocycles. The van der Waals surface area contributed by atoms with Crippen LogP contribution >= 0.6 is 12.4 Å². The second-order valence-corrected chi connectivity index (χ2v) is 6.41. The molecule has 8 heteroatoms. The highest BCUT2D eigenvalue weighted by Gasteiger charge is 2.33. The summed E-state index contributed by atoms with van der Waals surface area (Å²) in [4.78, 5) is 18.4. The molecule has 3 rings (SSSR count). The number of likely N-dealkylation sites (N-methyl/N-ethyl adjacent to an activating group) is 1. The molecule has 0 aromatic carbocycles. The zero-order chi connectivity index (χ0) is 15.5. The normalized spacial score (nSPS) is 24.2. The topological polar surface area (TPSA) is 83.3 Å². The van der Waals surface area contributed by atoms with E-state index in [9.17, 15) is 4.79 Å². The van der Waals surface area contributed by atoms with Gasteiger partial charge >= 0.3 is 0 Å². The highest BCUT2D eigenvalue weighted by molar-refractivity contribution is 5.85. The van der Waals surface area contributed by atoms with Crippen molar-refractivity contribution in [1.29, 1.82) is 0 Å². The smallest absolute Gasteiger partial charge is 0.249 e. The van der Waals surface area contributed by atoms with Crippen LogP contribution in [0.5, 0.6) is 0 Å². The molecule has 2 atom stereocenters. The van der Waals surface area contributed by atoms with Gasteiger partial charge in [0.15, 0.2) is 5.82 Å². The number of aromatic nitrogens is 2.